The Kier molecular flexibility index (Phi) is 23.5. The van der Waals surface area contributed by atoms with E-state index < -0.39 is 118 Å². The zero-order chi connectivity index (χ0) is 64.5. The van der Waals surface area contributed by atoms with E-state index in [0.29, 0.717) is 34.4 Å². The molecule has 0 aromatic heterocycles. The minimum absolute atomic E-state index is 0.0235. The number of guanidine groups is 1. The van der Waals surface area contributed by atoms with E-state index in [1.807, 2.05) is 62.4 Å². The van der Waals surface area contributed by atoms with Gasteiger partial charge in [-0.3, -0.25) is 38.6 Å². The lowest BCUT2D eigenvalue weighted by Crippen LogP contribution is -2.59. The fraction of sp³-hybridized carbons (Fsp3) is 0.459. The average Bonchev–Trinajstić information content (AvgIpc) is 1.66. The zero-order valence-electron chi connectivity index (χ0n) is 50.6. The second-order valence-corrected chi connectivity index (χ2v) is 24.8. The first-order valence-corrected chi connectivity index (χ1v) is 30.2. The number of hydrogen-bond acceptors (Lipinski definition) is 15. The van der Waals surface area contributed by atoms with Gasteiger partial charge in [-0.05, 0) is 138 Å². The zero-order valence-corrected chi connectivity index (χ0v) is 51.4. The molecule has 0 radical (unpaired) electrons. The predicted octanol–water partition coefficient (Wildman–Crippen LogP) is 4.69. The minimum Gasteiger partial charge on any atom is -0.487 e. The first-order valence-electron chi connectivity index (χ1n) is 28.8. The van der Waals surface area contributed by atoms with Crippen LogP contribution in [0.15, 0.2) is 93.9 Å². The number of azide groups is 1. The Bertz CT molecular complexity index is 3410. The molecule has 1 aliphatic heterocycles. The van der Waals surface area contributed by atoms with Crippen LogP contribution in [-0.4, -0.2) is 136 Å². The number of nitrogens with two attached hydrogens (primary N) is 1. The molecule has 0 spiro atoms. The van der Waals surface area contributed by atoms with Crippen molar-refractivity contribution in [1.82, 2.24) is 36.6 Å². The van der Waals surface area contributed by atoms with E-state index in [-0.39, 0.29) is 69.0 Å². The summed E-state index contributed by atoms with van der Waals surface area (Å²) in [6.45, 7) is 11.5. The molecule has 0 fully saturated rings. The van der Waals surface area contributed by atoms with Crippen LogP contribution >= 0.6 is 0 Å². The van der Waals surface area contributed by atoms with Crippen molar-refractivity contribution in [3.63, 3.8) is 0 Å². The number of nitrogens with zero attached hydrogens (tertiary/aromatic N) is 4. The van der Waals surface area contributed by atoms with Crippen molar-refractivity contribution in [2.75, 3.05) is 39.4 Å². The van der Waals surface area contributed by atoms with Gasteiger partial charge in [0.25, 0.3) is 10.0 Å². The number of carbonyl (C=O) groups excluding carboxylic acids is 7. The van der Waals surface area contributed by atoms with Gasteiger partial charge < -0.3 is 57.0 Å². The number of alkyl carbamates (subject to hydrolysis) is 1. The van der Waals surface area contributed by atoms with Crippen molar-refractivity contribution in [3.05, 3.63) is 128 Å². The summed E-state index contributed by atoms with van der Waals surface area (Å²) >= 11 is 0. The van der Waals surface area contributed by atoms with Crippen LogP contribution < -0.4 is 47.1 Å². The Morgan fingerprint density at radius 2 is 1.33 bits per heavy atom. The smallest absolute Gasteiger partial charge is 0.407 e. The Balaban J connectivity index is 1.21. The third-order valence-electron chi connectivity index (χ3n) is 14.8. The van der Waals surface area contributed by atoms with Gasteiger partial charge in [-0.1, -0.05) is 84.0 Å². The molecule has 26 nitrogen and oxygen atoms in total. The lowest BCUT2D eigenvalue weighted by molar-refractivity contribution is -0.154. The lowest BCUT2D eigenvalue weighted by atomic mass is 9.94. The van der Waals surface area contributed by atoms with Crippen LogP contribution in [0.2, 0.25) is 0 Å². The van der Waals surface area contributed by atoms with Gasteiger partial charge in [0, 0.05) is 42.3 Å². The molecule has 1 aliphatic carbocycles. The molecule has 0 bridgehead atoms. The second-order valence-electron chi connectivity index (χ2n) is 23.2. The van der Waals surface area contributed by atoms with Gasteiger partial charge in [0.05, 0.1) is 10.3 Å². The third kappa shape index (κ3) is 18.6. The van der Waals surface area contributed by atoms with Crippen molar-refractivity contribution in [1.29, 1.82) is 0 Å². The topological polar surface area (TPSA) is 390 Å². The molecular weight excluding hydrogens is 1160 g/mol. The molecule has 1 heterocycles. The van der Waals surface area contributed by atoms with E-state index in [1.165, 1.54) is 0 Å². The third-order valence-corrected chi connectivity index (χ3v) is 16.4. The highest BCUT2D eigenvalue weighted by atomic mass is 32.2. The Morgan fingerprint density at radius 3 is 1.95 bits per heavy atom. The molecule has 0 saturated carbocycles. The molecule has 4 aromatic rings. The van der Waals surface area contributed by atoms with E-state index in [1.54, 1.807) is 71.9 Å². The molecule has 6 amide bonds. The molecular formula is C61H78N12O14S. The van der Waals surface area contributed by atoms with Gasteiger partial charge in [-0.2, -0.15) is 0 Å². The Hall–Kier alpha value is -9.23. The molecule has 4 atom stereocenters. The van der Waals surface area contributed by atoms with Gasteiger partial charge in [0.2, 0.25) is 35.5 Å². The van der Waals surface area contributed by atoms with Crippen molar-refractivity contribution in [2.24, 2.45) is 21.3 Å². The quantitative estimate of drug-likeness (QED) is 0.00677. The fourth-order valence-corrected chi connectivity index (χ4v) is 11.8. The number of amides is 6. The van der Waals surface area contributed by atoms with Gasteiger partial charge in [-0.15, -0.1) is 0 Å². The number of hydrogen-bond donors (Lipinski definition) is 9. The van der Waals surface area contributed by atoms with Crippen LogP contribution in [0.3, 0.4) is 0 Å². The number of benzene rings is 4. The average molecular weight is 1240 g/mol. The first-order chi connectivity index (χ1) is 41.6. The number of fused-ring (bicyclic) bond motifs is 4. The van der Waals surface area contributed by atoms with Crippen LogP contribution in [-0.2, 0) is 65.9 Å². The predicted molar refractivity (Wildman–Crippen MR) is 325 cm³/mol. The number of esters is 1. The number of nitrogens with one attached hydrogen (secondary N) is 7. The molecule has 4 aromatic carbocycles. The standard InChI is InChI=1S/C61H78N12O14S/c1-35-36(2)52(37(3)43-30-61(7,8)87-51(35)43)88(83,84)72-58(62)65-28-18-26-45(53(77)66-32-50(75)76)68-54(78)46(25-16-17-27-64-49(74)31-67-73-63)69-55(79)47(29-38-19-10-9-11-20-38)70-56(80)48(34-85-57(81)60(4,5)6)71-59(82)86-33-44-41-23-14-12-21-39(41)40-22-13-15-24-42(40)44/h9-15,19-24,44-48H,16-18,25-34H2,1-8H3,(H,64,74)(H,66,77)(H,68,78)(H,69,79)(H,70,80)(H,71,82)(H,75,76)(H3,62,65,72)/t45-,46-,47+,48-/m0/s1. The summed E-state index contributed by atoms with van der Waals surface area (Å²) < 4.78 is 47.5. The highest BCUT2D eigenvalue weighted by Crippen LogP contribution is 2.45. The van der Waals surface area contributed by atoms with Gasteiger partial charge >= 0.3 is 18.0 Å². The van der Waals surface area contributed by atoms with Crippen molar-refractivity contribution >= 4 is 63.6 Å². The van der Waals surface area contributed by atoms with Gasteiger partial charge in [-0.25, -0.2) is 17.9 Å². The number of carboxylic acids is 1. The SMILES string of the molecule is Cc1c(C)c(S(=O)(=O)NC(N)=NCCC[C@H](NC(=O)[C@H](CCCCNC(=O)CN=[N+]=[N-])NC(=O)[C@@H](Cc2ccccc2)NC(=O)[C@H](COC(=O)C(C)(C)C)NC(=O)OCC2c3ccccc3-c3ccccc32)C(=O)NCC(=O)O)c(C)c2c1OC(C)(C)C2. The first kappa shape index (κ1) is 67.9. The van der Waals surface area contributed by atoms with Crippen LogP contribution in [0.4, 0.5) is 4.79 Å². The maximum atomic E-state index is 14.7. The van der Waals surface area contributed by atoms with Gasteiger partial charge in [0.15, 0.2) is 0 Å². The van der Waals surface area contributed by atoms with Crippen LogP contribution in [0, 0.1) is 26.2 Å². The van der Waals surface area contributed by atoms with E-state index >= 15 is 0 Å². The number of aliphatic carboxylic acids is 1. The van der Waals surface area contributed by atoms with E-state index in [2.05, 4.69) is 51.6 Å². The van der Waals surface area contributed by atoms with E-state index in [9.17, 15) is 51.9 Å². The summed E-state index contributed by atoms with van der Waals surface area (Å²) in [5.74, 6) is -6.59. The molecule has 88 heavy (non-hydrogen) atoms. The molecule has 27 heteroatoms. The summed E-state index contributed by atoms with van der Waals surface area (Å²) in [4.78, 5) is 115. The fourth-order valence-electron chi connectivity index (χ4n) is 10.3. The monoisotopic (exact) mass is 1230 g/mol. The number of unbranched alkanes of at least 4 members (excludes halogenated alkanes) is 1. The maximum absolute atomic E-state index is 14.7. The van der Waals surface area contributed by atoms with Crippen molar-refractivity contribution in [2.45, 2.75) is 141 Å². The normalized spacial score (nSPS) is 14.5. The number of carboxylic acid groups (broad SMARTS) is 1. The lowest BCUT2D eigenvalue weighted by Gasteiger charge is -2.27. The maximum Gasteiger partial charge on any atom is 0.407 e. The molecule has 6 rings (SSSR count). The van der Waals surface area contributed by atoms with E-state index in [0.717, 1.165) is 27.8 Å². The van der Waals surface area contributed by atoms with E-state index in [4.69, 9.17) is 25.5 Å². The highest BCUT2D eigenvalue weighted by molar-refractivity contribution is 7.90. The minimum atomic E-state index is -4.28. The summed E-state index contributed by atoms with van der Waals surface area (Å²) in [5.41, 5.74) is 20.0. The van der Waals surface area contributed by atoms with Crippen molar-refractivity contribution < 1.29 is 66.1 Å². The Morgan fingerprint density at radius 1 is 0.750 bits per heavy atom. The van der Waals surface area contributed by atoms with Crippen LogP contribution in [0.1, 0.15) is 112 Å². The largest absolute Gasteiger partial charge is 0.487 e. The Labute approximate surface area is 510 Å². The summed E-state index contributed by atoms with van der Waals surface area (Å²) in [6.07, 6.45) is -0.719. The number of carbonyl (C=O) groups is 8. The van der Waals surface area contributed by atoms with Gasteiger partial charge in [0.1, 0.15) is 61.8 Å². The molecule has 472 valence electrons. The number of aliphatic imine (C=N–C) groups is 1. The van der Waals surface area contributed by atoms with Crippen molar-refractivity contribution in [3.8, 4) is 16.9 Å². The summed E-state index contributed by atoms with van der Waals surface area (Å²) in [5, 5.41) is 28.0. The summed E-state index contributed by atoms with van der Waals surface area (Å²) in [7, 11) is -4.28. The molecule has 0 unspecified atom stereocenters. The number of sulfonamides is 1. The molecule has 0 saturated heterocycles. The molecule has 10 N–H and O–H groups in total. The van der Waals surface area contributed by atoms with Crippen LogP contribution in [0.5, 0.6) is 5.75 Å². The molecule has 2 aliphatic rings. The summed E-state index contributed by atoms with van der Waals surface area (Å²) in [6, 6.07) is 17.8. The van der Waals surface area contributed by atoms with Crippen LogP contribution in [0.25, 0.3) is 21.6 Å². The second kappa shape index (κ2) is 30.4. The highest BCUT2D eigenvalue weighted by Gasteiger charge is 2.38. The number of ether oxygens (including phenoxy) is 3. The number of rotatable bonds is 29.